The molecule has 0 aliphatic rings. The molecule has 2 nitrogen and oxygen atoms in total. The van der Waals surface area contributed by atoms with E-state index in [1.165, 1.54) is 0 Å². The fraction of sp³-hybridized carbons (Fsp3) is 0.308. The SMILES string of the molecule is NCCCc1csc(Cc2ccccc2Cl)n1. The van der Waals surface area contributed by atoms with Crippen LogP contribution in [0, 0.1) is 0 Å². The molecule has 0 bridgehead atoms. The predicted molar refractivity (Wildman–Crippen MR) is 73.7 cm³/mol. The van der Waals surface area contributed by atoms with Crippen LogP contribution in [0.25, 0.3) is 0 Å². The molecule has 0 radical (unpaired) electrons. The first-order valence-electron chi connectivity index (χ1n) is 5.66. The molecular formula is C13H15ClN2S. The van der Waals surface area contributed by atoms with Gasteiger partial charge in [-0.25, -0.2) is 4.98 Å². The maximum absolute atomic E-state index is 6.12. The van der Waals surface area contributed by atoms with Gasteiger partial charge >= 0.3 is 0 Å². The van der Waals surface area contributed by atoms with Gasteiger partial charge in [0.2, 0.25) is 0 Å². The fourth-order valence-electron chi connectivity index (χ4n) is 1.63. The van der Waals surface area contributed by atoms with Crippen LogP contribution in [-0.2, 0) is 12.8 Å². The van der Waals surface area contributed by atoms with E-state index in [1.807, 2.05) is 24.3 Å². The fourth-order valence-corrected chi connectivity index (χ4v) is 2.69. The zero-order valence-electron chi connectivity index (χ0n) is 9.53. The van der Waals surface area contributed by atoms with Crippen molar-refractivity contribution in [1.82, 2.24) is 4.98 Å². The summed E-state index contributed by atoms with van der Waals surface area (Å²) in [5.74, 6) is 0. The normalized spacial score (nSPS) is 10.7. The summed E-state index contributed by atoms with van der Waals surface area (Å²) in [5, 5.41) is 4.04. The number of aromatic nitrogens is 1. The van der Waals surface area contributed by atoms with E-state index in [-0.39, 0.29) is 0 Å². The Labute approximate surface area is 110 Å². The van der Waals surface area contributed by atoms with Crippen molar-refractivity contribution >= 4 is 22.9 Å². The standard InChI is InChI=1S/C13H15ClN2S/c14-12-6-2-1-4-10(12)8-13-16-11(9-17-13)5-3-7-15/h1-2,4,6,9H,3,5,7-8,15H2. The van der Waals surface area contributed by atoms with E-state index in [9.17, 15) is 0 Å². The van der Waals surface area contributed by atoms with Gasteiger partial charge in [0, 0.05) is 16.8 Å². The van der Waals surface area contributed by atoms with Crippen LogP contribution in [0.5, 0.6) is 0 Å². The molecule has 0 aliphatic heterocycles. The molecule has 0 saturated carbocycles. The highest BCUT2D eigenvalue weighted by atomic mass is 35.5. The highest BCUT2D eigenvalue weighted by molar-refractivity contribution is 7.09. The lowest BCUT2D eigenvalue weighted by Crippen LogP contribution is -2.00. The number of halogens is 1. The van der Waals surface area contributed by atoms with Gasteiger partial charge in [0.1, 0.15) is 0 Å². The Bertz CT molecular complexity index is 482. The number of nitrogens with zero attached hydrogens (tertiary/aromatic N) is 1. The molecule has 2 N–H and O–H groups in total. The average molecular weight is 267 g/mol. The molecule has 1 aromatic heterocycles. The molecule has 0 aliphatic carbocycles. The molecule has 0 fully saturated rings. The molecule has 4 heteroatoms. The van der Waals surface area contributed by atoms with Gasteiger partial charge in [0.05, 0.1) is 10.7 Å². The monoisotopic (exact) mass is 266 g/mol. The molecule has 0 atom stereocenters. The molecule has 0 spiro atoms. The van der Waals surface area contributed by atoms with E-state index in [2.05, 4.69) is 10.4 Å². The van der Waals surface area contributed by atoms with Gasteiger partial charge < -0.3 is 5.73 Å². The Morgan fingerprint density at radius 1 is 1.29 bits per heavy atom. The van der Waals surface area contributed by atoms with Crippen molar-refractivity contribution in [2.45, 2.75) is 19.3 Å². The summed E-state index contributed by atoms with van der Waals surface area (Å²) in [6.45, 7) is 0.720. The summed E-state index contributed by atoms with van der Waals surface area (Å²) < 4.78 is 0. The van der Waals surface area contributed by atoms with E-state index in [0.29, 0.717) is 0 Å². The summed E-state index contributed by atoms with van der Waals surface area (Å²) >= 11 is 7.82. The van der Waals surface area contributed by atoms with Gasteiger partial charge in [0.15, 0.2) is 0 Å². The molecule has 90 valence electrons. The number of hydrogen-bond donors (Lipinski definition) is 1. The van der Waals surface area contributed by atoms with Gasteiger partial charge in [-0.3, -0.25) is 0 Å². The summed E-state index contributed by atoms with van der Waals surface area (Å²) in [6, 6.07) is 7.91. The minimum atomic E-state index is 0.720. The second-order valence-electron chi connectivity index (χ2n) is 3.89. The minimum absolute atomic E-state index is 0.720. The summed E-state index contributed by atoms with van der Waals surface area (Å²) in [4.78, 5) is 4.59. The molecular weight excluding hydrogens is 252 g/mol. The zero-order valence-corrected chi connectivity index (χ0v) is 11.1. The van der Waals surface area contributed by atoms with Gasteiger partial charge in [-0.1, -0.05) is 29.8 Å². The Morgan fingerprint density at radius 3 is 2.88 bits per heavy atom. The number of aryl methyl sites for hydroxylation is 1. The van der Waals surface area contributed by atoms with Gasteiger partial charge in [-0.05, 0) is 31.0 Å². The molecule has 17 heavy (non-hydrogen) atoms. The Kier molecular flexibility index (Phi) is 4.54. The maximum atomic E-state index is 6.12. The Morgan fingerprint density at radius 2 is 2.12 bits per heavy atom. The summed E-state index contributed by atoms with van der Waals surface area (Å²) in [7, 11) is 0. The van der Waals surface area contributed by atoms with Gasteiger partial charge in [-0.15, -0.1) is 11.3 Å². The van der Waals surface area contributed by atoms with Crippen LogP contribution in [0.2, 0.25) is 5.02 Å². The highest BCUT2D eigenvalue weighted by Gasteiger charge is 2.05. The van der Waals surface area contributed by atoms with Crippen LogP contribution in [0.3, 0.4) is 0 Å². The van der Waals surface area contributed by atoms with Gasteiger partial charge in [0.25, 0.3) is 0 Å². The van der Waals surface area contributed by atoms with Crippen molar-refractivity contribution in [2.24, 2.45) is 5.73 Å². The van der Waals surface area contributed by atoms with Crippen molar-refractivity contribution in [3.63, 3.8) is 0 Å². The number of rotatable bonds is 5. The number of thiazole rings is 1. The van der Waals surface area contributed by atoms with Crippen LogP contribution < -0.4 is 5.73 Å². The van der Waals surface area contributed by atoms with E-state index >= 15 is 0 Å². The van der Waals surface area contributed by atoms with E-state index in [4.69, 9.17) is 17.3 Å². The van der Waals surface area contributed by atoms with E-state index in [1.54, 1.807) is 11.3 Å². The maximum Gasteiger partial charge on any atom is 0.0972 e. The molecule has 0 saturated heterocycles. The molecule has 1 heterocycles. The first-order chi connectivity index (χ1) is 8.29. The molecule has 1 aromatic carbocycles. The smallest absolute Gasteiger partial charge is 0.0972 e. The van der Waals surface area contributed by atoms with Gasteiger partial charge in [-0.2, -0.15) is 0 Å². The van der Waals surface area contributed by atoms with Crippen LogP contribution >= 0.6 is 22.9 Å². The van der Waals surface area contributed by atoms with Crippen molar-refractivity contribution in [1.29, 1.82) is 0 Å². The first-order valence-corrected chi connectivity index (χ1v) is 6.92. The zero-order chi connectivity index (χ0) is 12.1. The van der Waals surface area contributed by atoms with Crippen molar-refractivity contribution in [3.05, 3.63) is 50.9 Å². The second-order valence-corrected chi connectivity index (χ2v) is 5.24. The first kappa shape index (κ1) is 12.6. The second kappa shape index (κ2) is 6.15. The van der Waals surface area contributed by atoms with Crippen LogP contribution in [0.4, 0.5) is 0 Å². The van der Waals surface area contributed by atoms with E-state index < -0.39 is 0 Å². The van der Waals surface area contributed by atoms with Crippen molar-refractivity contribution < 1.29 is 0 Å². The van der Waals surface area contributed by atoms with E-state index in [0.717, 1.165) is 47.1 Å². The van der Waals surface area contributed by atoms with Crippen LogP contribution in [0.1, 0.15) is 22.7 Å². The number of hydrogen-bond acceptors (Lipinski definition) is 3. The van der Waals surface area contributed by atoms with Crippen molar-refractivity contribution in [3.8, 4) is 0 Å². The quantitative estimate of drug-likeness (QED) is 0.902. The Hall–Kier alpha value is -0.900. The third-order valence-electron chi connectivity index (χ3n) is 2.54. The third kappa shape index (κ3) is 3.53. The molecule has 0 amide bonds. The Balaban J connectivity index is 2.04. The third-order valence-corrected chi connectivity index (χ3v) is 3.80. The minimum Gasteiger partial charge on any atom is -0.330 e. The molecule has 2 aromatic rings. The molecule has 2 rings (SSSR count). The lowest BCUT2D eigenvalue weighted by Gasteiger charge is -2.00. The van der Waals surface area contributed by atoms with Crippen molar-refractivity contribution in [2.75, 3.05) is 6.54 Å². The highest BCUT2D eigenvalue weighted by Crippen LogP contribution is 2.21. The lowest BCUT2D eigenvalue weighted by molar-refractivity contribution is 0.812. The largest absolute Gasteiger partial charge is 0.330 e. The predicted octanol–water partition coefficient (Wildman–Crippen LogP) is 3.28. The lowest BCUT2D eigenvalue weighted by atomic mass is 10.1. The summed E-state index contributed by atoms with van der Waals surface area (Å²) in [6.07, 6.45) is 2.78. The number of nitrogens with two attached hydrogens (primary N) is 1. The molecule has 0 unspecified atom stereocenters. The number of benzene rings is 1. The summed E-state index contributed by atoms with van der Waals surface area (Å²) in [5.41, 5.74) is 7.76. The van der Waals surface area contributed by atoms with Crippen LogP contribution in [0.15, 0.2) is 29.6 Å². The topological polar surface area (TPSA) is 38.9 Å². The average Bonchev–Trinajstić information content (AvgIpc) is 2.77. The van der Waals surface area contributed by atoms with Crippen LogP contribution in [-0.4, -0.2) is 11.5 Å².